The van der Waals surface area contributed by atoms with Crippen LogP contribution in [0, 0.1) is 16.2 Å². The Hall–Kier alpha value is -1.36. The fourth-order valence-electron chi connectivity index (χ4n) is 2.40. The first-order valence-electron chi connectivity index (χ1n) is 7.82. The normalized spacial score (nSPS) is 14.1. The van der Waals surface area contributed by atoms with Crippen molar-refractivity contribution in [3.05, 3.63) is 12.2 Å². The van der Waals surface area contributed by atoms with E-state index in [9.17, 15) is 14.7 Å². The molecule has 0 aliphatic rings. The molecule has 0 aliphatic carbocycles. The van der Waals surface area contributed by atoms with Crippen molar-refractivity contribution in [1.29, 1.82) is 0 Å². The van der Waals surface area contributed by atoms with Gasteiger partial charge in [-0.2, -0.15) is 0 Å². The van der Waals surface area contributed by atoms with E-state index in [0.717, 1.165) is 0 Å². The van der Waals surface area contributed by atoms with Gasteiger partial charge in [-0.05, 0) is 24.7 Å². The molecule has 0 spiro atoms. The molecule has 0 aromatic rings. The molecule has 0 saturated heterocycles. The third-order valence-electron chi connectivity index (χ3n) is 4.57. The highest BCUT2D eigenvalue weighted by atomic mass is 16.6. The molecule has 0 radical (unpaired) electrons. The molecule has 0 fully saturated rings. The summed E-state index contributed by atoms with van der Waals surface area (Å²) in [6.45, 7) is 18.3. The Morgan fingerprint density at radius 2 is 1.35 bits per heavy atom. The molecular weight excluding hydrogens is 296 g/mol. The van der Waals surface area contributed by atoms with Gasteiger partial charge < -0.3 is 14.6 Å². The van der Waals surface area contributed by atoms with E-state index in [4.69, 9.17) is 9.47 Å². The van der Waals surface area contributed by atoms with E-state index in [0.29, 0.717) is 0 Å². The average Bonchev–Trinajstić information content (AvgIpc) is 2.38. The van der Waals surface area contributed by atoms with Crippen LogP contribution < -0.4 is 0 Å². The number of aliphatic hydroxyl groups is 1. The average molecular weight is 328 g/mol. The Kier molecular flexibility index (Phi) is 7.03. The number of esters is 2. The van der Waals surface area contributed by atoms with Gasteiger partial charge in [0.1, 0.15) is 19.3 Å². The standard InChI is InChI=1S/C18H32O5/c1-12(2)14(20)22-10-13(19)11-23-15(21)18(9,16(3,4)5)17(6,7)8/h13,19H,1,10-11H2,2-9H3. The van der Waals surface area contributed by atoms with Gasteiger partial charge in [-0.1, -0.05) is 48.1 Å². The number of carbonyl (C=O) groups excluding carboxylic acids is 2. The van der Waals surface area contributed by atoms with Gasteiger partial charge in [-0.25, -0.2) is 4.79 Å². The quantitative estimate of drug-likeness (QED) is 0.599. The molecule has 1 N–H and O–H groups in total. The van der Waals surface area contributed by atoms with Gasteiger partial charge in [0, 0.05) is 5.57 Å². The van der Waals surface area contributed by atoms with E-state index in [1.807, 2.05) is 48.5 Å². The molecule has 5 nitrogen and oxygen atoms in total. The van der Waals surface area contributed by atoms with Crippen LogP contribution in [0.3, 0.4) is 0 Å². The van der Waals surface area contributed by atoms with E-state index in [2.05, 4.69) is 6.58 Å². The van der Waals surface area contributed by atoms with E-state index in [1.165, 1.54) is 6.92 Å². The van der Waals surface area contributed by atoms with Crippen molar-refractivity contribution < 1.29 is 24.2 Å². The van der Waals surface area contributed by atoms with Crippen molar-refractivity contribution in [3.63, 3.8) is 0 Å². The summed E-state index contributed by atoms with van der Waals surface area (Å²) in [5.74, 6) is -0.952. The van der Waals surface area contributed by atoms with Crippen LogP contribution in [0.2, 0.25) is 0 Å². The Labute approximate surface area is 140 Å². The second-order valence-electron chi connectivity index (χ2n) is 8.26. The molecule has 0 rings (SSSR count). The summed E-state index contributed by atoms with van der Waals surface area (Å²) in [5, 5.41) is 9.82. The Balaban J connectivity index is 4.80. The van der Waals surface area contributed by atoms with Crippen LogP contribution in [0.1, 0.15) is 55.4 Å². The zero-order valence-corrected chi connectivity index (χ0v) is 15.8. The van der Waals surface area contributed by atoms with E-state index < -0.39 is 17.5 Å². The lowest BCUT2D eigenvalue weighted by Crippen LogP contribution is -2.51. The summed E-state index contributed by atoms with van der Waals surface area (Å²) >= 11 is 0. The van der Waals surface area contributed by atoms with Gasteiger partial charge in [0.25, 0.3) is 0 Å². The third-order valence-corrected chi connectivity index (χ3v) is 4.57. The summed E-state index contributed by atoms with van der Waals surface area (Å²) in [4.78, 5) is 23.9. The predicted molar refractivity (Wildman–Crippen MR) is 89.8 cm³/mol. The Morgan fingerprint density at radius 1 is 0.957 bits per heavy atom. The van der Waals surface area contributed by atoms with Crippen molar-refractivity contribution in [1.82, 2.24) is 0 Å². The smallest absolute Gasteiger partial charge is 0.333 e. The first-order chi connectivity index (χ1) is 10.1. The number of hydrogen-bond donors (Lipinski definition) is 1. The Morgan fingerprint density at radius 3 is 1.70 bits per heavy atom. The second kappa shape index (κ2) is 7.47. The molecule has 1 unspecified atom stereocenters. The molecule has 5 heteroatoms. The lowest BCUT2D eigenvalue weighted by atomic mass is 9.55. The SMILES string of the molecule is C=C(C)C(=O)OCC(O)COC(=O)C(C)(C(C)(C)C)C(C)(C)C. The number of aliphatic hydroxyl groups excluding tert-OH is 1. The first-order valence-corrected chi connectivity index (χ1v) is 7.82. The maximum absolute atomic E-state index is 12.7. The second-order valence-corrected chi connectivity index (χ2v) is 8.26. The van der Waals surface area contributed by atoms with Crippen LogP contribution in [0.15, 0.2) is 12.2 Å². The van der Waals surface area contributed by atoms with Gasteiger partial charge in [-0.15, -0.1) is 0 Å². The lowest BCUT2D eigenvalue weighted by molar-refractivity contribution is -0.176. The van der Waals surface area contributed by atoms with Gasteiger partial charge in [0.05, 0.1) is 5.41 Å². The van der Waals surface area contributed by atoms with Gasteiger partial charge in [0.2, 0.25) is 0 Å². The van der Waals surface area contributed by atoms with Crippen LogP contribution >= 0.6 is 0 Å². The van der Waals surface area contributed by atoms with Crippen molar-refractivity contribution in [2.45, 2.75) is 61.5 Å². The molecule has 0 saturated carbocycles. The summed E-state index contributed by atoms with van der Waals surface area (Å²) in [6, 6.07) is 0. The molecule has 23 heavy (non-hydrogen) atoms. The van der Waals surface area contributed by atoms with E-state index in [1.54, 1.807) is 0 Å². The molecule has 0 aliphatic heterocycles. The number of carbonyl (C=O) groups is 2. The molecule has 134 valence electrons. The van der Waals surface area contributed by atoms with Crippen molar-refractivity contribution in [2.24, 2.45) is 16.2 Å². The van der Waals surface area contributed by atoms with Crippen LogP contribution in [0.4, 0.5) is 0 Å². The van der Waals surface area contributed by atoms with Gasteiger partial charge >= 0.3 is 11.9 Å². The zero-order valence-electron chi connectivity index (χ0n) is 15.8. The van der Waals surface area contributed by atoms with Gasteiger partial charge in [-0.3, -0.25) is 4.79 Å². The number of ether oxygens (including phenoxy) is 2. The molecule has 0 amide bonds. The maximum Gasteiger partial charge on any atom is 0.333 e. The fourth-order valence-corrected chi connectivity index (χ4v) is 2.40. The summed E-state index contributed by atoms with van der Waals surface area (Å²) in [7, 11) is 0. The molecule has 0 aromatic carbocycles. The summed E-state index contributed by atoms with van der Waals surface area (Å²) < 4.78 is 10.2. The highest BCUT2D eigenvalue weighted by molar-refractivity contribution is 5.86. The van der Waals surface area contributed by atoms with Crippen molar-refractivity contribution in [2.75, 3.05) is 13.2 Å². The minimum Gasteiger partial charge on any atom is -0.462 e. The van der Waals surface area contributed by atoms with Crippen molar-refractivity contribution >= 4 is 11.9 Å². The minimum absolute atomic E-state index is 0.218. The van der Waals surface area contributed by atoms with E-state index >= 15 is 0 Å². The fraction of sp³-hybridized carbons (Fsp3) is 0.778. The zero-order chi connectivity index (χ0) is 18.6. The van der Waals surface area contributed by atoms with Crippen LogP contribution in [0.25, 0.3) is 0 Å². The minimum atomic E-state index is -1.06. The molecule has 0 aromatic heterocycles. The molecule has 1 atom stereocenters. The van der Waals surface area contributed by atoms with Crippen molar-refractivity contribution in [3.8, 4) is 0 Å². The molecule has 0 heterocycles. The molecular formula is C18H32O5. The van der Waals surface area contributed by atoms with Crippen LogP contribution in [-0.4, -0.2) is 36.4 Å². The highest BCUT2D eigenvalue weighted by Crippen LogP contribution is 2.52. The maximum atomic E-state index is 12.7. The van der Waals surface area contributed by atoms with Crippen LogP contribution in [0.5, 0.6) is 0 Å². The van der Waals surface area contributed by atoms with Crippen LogP contribution in [-0.2, 0) is 19.1 Å². The predicted octanol–water partition coefficient (Wildman–Crippen LogP) is 3.11. The summed E-state index contributed by atoms with van der Waals surface area (Å²) in [5.41, 5.74) is -1.13. The monoisotopic (exact) mass is 328 g/mol. The topological polar surface area (TPSA) is 72.8 Å². The number of rotatable bonds is 6. The Bertz CT molecular complexity index is 437. The first kappa shape index (κ1) is 21.6. The third kappa shape index (κ3) is 5.34. The lowest BCUT2D eigenvalue weighted by Gasteiger charge is -2.48. The highest BCUT2D eigenvalue weighted by Gasteiger charge is 2.53. The molecule has 0 bridgehead atoms. The van der Waals surface area contributed by atoms with E-state index in [-0.39, 0.29) is 35.6 Å². The largest absolute Gasteiger partial charge is 0.462 e. The number of hydrogen-bond acceptors (Lipinski definition) is 5. The van der Waals surface area contributed by atoms with Gasteiger partial charge in [0.15, 0.2) is 0 Å². The summed E-state index contributed by atoms with van der Waals surface area (Å²) in [6.07, 6.45) is -1.06.